The first-order valence-corrected chi connectivity index (χ1v) is 6.43. The van der Waals surface area contributed by atoms with Crippen LogP contribution in [-0.4, -0.2) is 22.2 Å². The van der Waals surface area contributed by atoms with Crippen LogP contribution in [0.15, 0.2) is 52.3 Å². The first-order chi connectivity index (χ1) is 9.49. The molecule has 0 radical (unpaired) electrons. The number of carbonyl (C=O) groups is 2. The van der Waals surface area contributed by atoms with Crippen molar-refractivity contribution in [2.24, 2.45) is 0 Å². The summed E-state index contributed by atoms with van der Waals surface area (Å²) in [5.74, 6) is -2.33. The number of nitrogens with two attached hydrogens (primary N) is 1. The van der Waals surface area contributed by atoms with Crippen LogP contribution < -0.4 is 5.73 Å². The Balaban J connectivity index is 2.51. The summed E-state index contributed by atoms with van der Waals surface area (Å²) in [6.07, 6.45) is 0. The van der Waals surface area contributed by atoms with Crippen molar-refractivity contribution < 1.29 is 19.8 Å². The zero-order valence-corrected chi connectivity index (χ0v) is 11.1. The van der Waals surface area contributed by atoms with E-state index in [9.17, 15) is 14.7 Å². The zero-order chi connectivity index (χ0) is 14.7. The smallest absolute Gasteiger partial charge is 0.337 e. The van der Waals surface area contributed by atoms with Crippen LogP contribution in [0.2, 0.25) is 0 Å². The summed E-state index contributed by atoms with van der Waals surface area (Å²) in [6.45, 7) is 0. The summed E-state index contributed by atoms with van der Waals surface area (Å²) < 4.78 is 0. The third-order valence-corrected chi connectivity index (χ3v) is 3.65. The Hall–Kier alpha value is -2.47. The quantitative estimate of drug-likeness (QED) is 0.748. The highest BCUT2D eigenvalue weighted by Gasteiger charge is 2.17. The van der Waals surface area contributed by atoms with Crippen molar-refractivity contribution in [2.75, 3.05) is 5.73 Å². The monoisotopic (exact) mass is 289 g/mol. The second-order valence-electron chi connectivity index (χ2n) is 3.96. The fourth-order valence-corrected chi connectivity index (χ4v) is 2.63. The van der Waals surface area contributed by atoms with Gasteiger partial charge in [0.15, 0.2) is 0 Å². The van der Waals surface area contributed by atoms with E-state index >= 15 is 0 Å². The van der Waals surface area contributed by atoms with E-state index in [-0.39, 0.29) is 16.8 Å². The molecule has 0 spiro atoms. The van der Waals surface area contributed by atoms with E-state index in [1.807, 2.05) is 30.3 Å². The van der Waals surface area contributed by atoms with Crippen LogP contribution >= 0.6 is 11.8 Å². The fraction of sp³-hybridized carbons (Fsp3) is 0. The Morgan fingerprint density at radius 3 is 2.10 bits per heavy atom. The van der Waals surface area contributed by atoms with Gasteiger partial charge in [-0.3, -0.25) is 0 Å². The molecule has 0 saturated heterocycles. The maximum Gasteiger partial charge on any atom is 0.337 e. The molecule has 2 aromatic carbocycles. The van der Waals surface area contributed by atoms with Crippen LogP contribution in [0.25, 0.3) is 0 Å². The van der Waals surface area contributed by atoms with Crippen molar-refractivity contribution in [3.05, 3.63) is 53.6 Å². The van der Waals surface area contributed by atoms with Crippen LogP contribution in [0.4, 0.5) is 5.69 Å². The minimum absolute atomic E-state index is 0.0126. The normalized spacial score (nSPS) is 10.2. The summed E-state index contributed by atoms with van der Waals surface area (Å²) in [7, 11) is 0. The standard InChI is InChI=1S/C14H11NO4S/c15-11-6-10(14(18)19)12(7-9(11)13(16)17)20-8-4-2-1-3-5-8/h1-7H,15H2,(H,16,17)(H,18,19). The molecule has 0 amide bonds. The third-order valence-electron chi connectivity index (χ3n) is 2.58. The Labute approximate surface area is 119 Å². The van der Waals surface area contributed by atoms with Crippen molar-refractivity contribution in [2.45, 2.75) is 9.79 Å². The molecule has 0 atom stereocenters. The van der Waals surface area contributed by atoms with E-state index < -0.39 is 11.9 Å². The van der Waals surface area contributed by atoms with Crippen LogP contribution in [0.3, 0.4) is 0 Å². The zero-order valence-electron chi connectivity index (χ0n) is 10.2. The van der Waals surface area contributed by atoms with Crippen LogP contribution in [-0.2, 0) is 0 Å². The molecule has 0 aliphatic rings. The third kappa shape index (κ3) is 2.92. The molecule has 5 nitrogen and oxygen atoms in total. The minimum atomic E-state index is -1.19. The Morgan fingerprint density at radius 2 is 1.55 bits per heavy atom. The van der Waals surface area contributed by atoms with Crippen molar-refractivity contribution in [3.63, 3.8) is 0 Å². The fourth-order valence-electron chi connectivity index (χ4n) is 1.65. The molecule has 2 rings (SSSR count). The van der Waals surface area contributed by atoms with Gasteiger partial charge in [-0.15, -0.1) is 0 Å². The number of hydrogen-bond donors (Lipinski definition) is 3. The molecule has 0 heterocycles. The van der Waals surface area contributed by atoms with Gasteiger partial charge in [0.25, 0.3) is 0 Å². The Kier molecular flexibility index (Phi) is 3.95. The molecule has 0 bridgehead atoms. The molecule has 0 aliphatic heterocycles. The molecule has 102 valence electrons. The van der Waals surface area contributed by atoms with E-state index in [1.54, 1.807) is 0 Å². The molecular weight excluding hydrogens is 278 g/mol. The van der Waals surface area contributed by atoms with Gasteiger partial charge >= 0.3 is 11.9 Å². The predicted octanol–water partition coefficient (Wildman–Crippen LogP) is 2.82. The molecule has 0 fully saturated rings. The van der Waals surface area contributed by atoms with E-state index in [1.165, 1.54) is 23.9 Å². The van der Waals surface area contributed by atoms with Crippen molar-refractivity contribution in [1.82, 2.24) is 0 Å². The highest BCUT2D eigenvalue weighted by molar-refractivity contribution is 7.99. The first kappa shape index (κ1) is 14.0. The number of carboxylic acids is 2. The number of benzene rings is 2. The molecular formula is C14H11NO4S. The highest BCUT2D eigenvalue weighted by Crippen LogP contribution is 2.33. The molecule has 4 N–H and O–H groups in total. The SMILES string of the molecule is Nc1cc(C(=O)O)c(Sc2ccccc2)cc1C(=O)O. The molecule has 0 unspecified atom stereocenters. The van der Waals surface area contributed by atoms with Crippen LogP contribution in [0.1, 0.15) is 20.7 Å². The second kappa shape index (κ2) is 5.66. The van der Waals surface area contributed by atoms with Gasteiger partial charge in [0.05, 0.1) is 11.1 Å². The lowest BCUT2D eigenvalue weighted by Gasteiger charge is -2.09. The van der Waals surface area contributed by atoms with Gasteiger partial charge in [0.1, 0.15) is 0 Å². The van der Waals surface area contributed by atoms with Gasteiger partial charge in [-0.25, -0.2) is 9.59 Å². The summed E-state index contributed by atoms with van der Waals surface area (Å²) in [5, 5.41) is 18.2. The largest absolute Gasteiger partial charge is 0.478 e. The Bertz CT molecular complexity index is 670. The number of aromatic carboxylic acids is 2. The summed E-state index contributed by atoms with van der Waals surface area (Å²) >= 11 is 1.18. The van der Waals surface area contributed by atoms with Crippen molar-refractivity contribution >= 4 is 29.4 Å². The lowest BCUT2D eigenvalue weighted by Crippen LogP contribution is -2.07. The highest BCUT2D eigenvalue weighted by atomic mass is 32.2. The van der Waals surface area contributed by atoms with Crippen molar-refractivity contribution in [1.29, 1.82) is 0 Å². The van der Waals surface area contributed by atoms with E-state index in [2.05, 4.69) is 0 Å². The number of carboxylic acid groups (broad SMARTS) is 2. The van der Waals surface area contributed by atoms with Gasteiger partial charge < -0.3 is 15.9 Å². The maximum absolute atomic E-state index is 11.2. The maximum atomic E-state index is 11.2. The van der Waals surface area contributed by atoms with E-state index in [0.717, 1.165) is 4.90 Å². The second-order valence-corrected chi connectivity index (χ2v) is 5.08. The van der Waals surface area contributed by atoms with E-state index in [0.29, 0.717) is 4.90 Å². The lowest BCUT2D eigenvalue weighted by atomic mass is 10.1. The van der Waals surface area contributed by atoms with Gasteiger partial charge in [-0.2, -0.15) is 0 Å². The number of hydrogen-bond acceptors (Lipinski definition) is 4. The molecule has 2 aromatic rings. The predicted molar refractivity (Wildman–Crippen MR) is 75.3 cm³/mol. The van der Waals surface area contributed by atoms with Crippen molar-refractivity contribution in [3.8, 4) is 0 Å². The number of anilines is 1. The average molecular weight is 289 g/mol. The molecule has 0 saturated carbocycles. The lowest BCUT2D eigenvalue weighted by molar-refractivity contribution is 0.0679. The number of nitrogen functional groups attached to an aromatic ring is 1. The van der Waals surface area contributed by atoms with Gasteiger partial charge in [-0.1, -0.05) is 30.0 Å². The summed E-state index contributed by atoms with van der Waals surface area (Å²) in [6, 6.07) is 11.6. The molecule has 0 aliphatic carbocycles. The molecule has 20 heavy (non-hydrogen) atoms. The van der Waals surface area contributed by atoms with Gasteiger partial charge in [0, 0.05) is 15.5 Å². The molecule has 6 heteroatoms. The molecule has 0 aromatic heterocycles. The first-order valence-electron chi connectivity index (χ1n) is 5.62. The summed E-state index contributed by atoms with van der Waals surface area (Å²) in [5.41, 5.74) is 5.39. The van der Waals surface area contributed by atoms with Gasteiger partial charge in [0.2, 0.25) is 0 Å². The van der Waals surface area contributed by atoms with Gasteiger partial charge in [-0.05, 0) is 24.3 Å². The van der Waals surface area contributed by atoms with Crippen LogP contribution in [0, 0.1) is 0 Å². The number of rotatable bonds is 4. The topological polar surface area (TPSA) is 101 Å². The minimum Gasteiger partial charge on any atom is -0.478 e. The average Bonchev–Trinajstić information content (AvgIpc) is 2.41. The Morgan fingerprint density at radius 1 is 0.950 bits per heavy atom. The summed E-state index contributed by atoms with van der Waals surface area (Å²) in [4.78, 5) is 23.5. The van der Waals surface area contributed by atoms with Crippen LogP contribution in [0.5, 0.6) is 0 Å². The van der Waals surface area contributed by atoms with E-state index in [4.69, 9.17) is 10.8 Å².